The Hall–Kier alpha value is -1.18. The molecule has 2 unspecified atom stereocenters. The normalized spacial score (nSPS) is 21.3. The summed E-state index contributed by atoms with van der Waals surface area (Å²) in [4.78, 5) is 2.22. The third-order valence-electron chi connectivity index (χ3n) is 4.79. The largest absolute Gasteiger partial charge is 0.508 e. The van der Waals surface area contributed by atoms with Gasteiger partial charge in [-0.05, 0) is 58.7 Å². The summed E-state index contributed by atoms with van der Waals surface area (Å²) in [6.45, 7) is 11.7. The molecule has 0 aliphatic carbocycles. The molecule has 1 aliphatic heterocycles. The molecule has 0 bridgehead atoms. The Balaban J connectivity index is 2.01. The standard InChI is InChI=1S/C20H33NO5/c1-19(2,3)21(9-8-16-13-25-20(4,5)26-16)11-18(24)14-6-7-17(23)15(10-14)12-22/h6-7,10,16,18,22-24H,8-9,11-13H2,1-5H3. The topological polar surface area (TPSA) is 82.4 Å². The van der Waals surface area contributed by atoms with E-state index >= 15 is 0 Å². The number of ether oxygens (including phenoxy) is 2. The van der Waals surface area contributed by atoms with Crippen LogP contribution in [-0.2, 0) is 16.1 Å². The van der Waals surface area contributed by atoms with Crippen LogP contribution < -0.4 is 0 Å². The number of hydrogen-bond donors (Lipinski definition) is 3. The van der Waals surface area contributed by atoms with Crippen molar-refractivity contribution >= 4 is 0 Å². The van der Waals surface area contributed by atoms with E-state index in [4.69, 9.17) is 9.47 Å². The highest BCUT2D eigenvalue weighted by molar-refractivity contribution is 5.36. The molecule has 1 aliphatic rings. The number of rotatable bonds is 7. The maximum absolute atomic E-state index is 10.7. The van der Waals surface area contributed by atoms with Crippen LogP contribution >= 0.6 is 0 Å². The Labute approximate surface area is 156 Å². The first-order valence-corrected chi connectivity index (χ1v) is 9.19. The second-order valence-electron chi connectivity index (χ2n) is 8.42. The van der Waals surface area contributed by atoms with E-state index in [1.54, 1.807) is 12.1 Å². The van der Waals surface area contributed by atoms with E-state index in [1.165, 1.54) is 6.07 Å². The van der Waals surface area contributed by atoms with Gasteiger partial charge in [0.25, 0.3) is 0 Å². The highest BCUT2D eigenvalue weighted by Gasteiger charge is 2.33. The Morgan fingerprint density at radius 3 is 2.54 bits per heavy atom. The number of aliphatic hydroxyl groups excluding tert-OH is 2. The van der Waals surface area contributed by atoms with Crippen molar-refractivity contribution in [3.63, 3.8) is 0 Å². The van der Waals surface area contributed by atoms with Crippen LogP contribution in [0, 0.1) is 0 Å². The molecule has 1 heterocycles. The third kappa shape index (κ3) is 5.66. The number of aromatic hydroxyl groups is 1. The van der Waals surface area contributed by atoms with Crippen LogP contribution in [0.15, 0.2) is 18.2 Å². The van der Waals surface area contributed by atoms with Gasteiger partial charge in [0.05, 0.1) is 25.4 Å². The summed E-state index contributed by atoms with van der Waals surface area (Å²) in [5.74, 6) is -0.485. The molecule has 26 heavy (non-hydrogen) atoms. The molecule has 0 saturated carbocycles. The predicted octanol–water partition coefficient (Wildman–Crippen LogP) is 2.56. The number of benzene rings is 1. The lowest BCUT2D eigenvalue weighted by molar-refractivity contribution is -0.139. The van der Waals surface area contributed by atoms with E-state index in [9.17, 15) is 15.3 Å². The molecule has 148 valence electrons. The van der Waals surface area contributed by atoms with Gasteiger partial charge in [0.15, 0.2) is 5.79 Å². The zero-order chi connectivity index (χ0) is 19.5. The predicted molar refractivity (Wildman–Crippen MR) is 99.8 cm³/mol. The molecular weight excluding hydrogens is 334 g/mol. The molecular formula is C20H33NO5. The van der Waals surface area contributed by atoms with Crippen LogP contribution in [-0.4, -0.2) is 57.3 Å². The average Bonchev–Trinajstić information content (AvgIpc) is 2.89. The summed E-state index contributed by atoms with van der Waals surface area (Å²) in [6.07, 6.45) is 0.171. The van der Waals surface area contributed by atoms with Gasteiger partial charge in [0.1, 0.15) is 5.75 Å². The second kappa shape index (κ2) is 8.23. The van der Waals surface area contributed by atoms with Crippen molar-refractivity contribution in [2.24, 2.45) is 0 Å². The minimum Gasteiger partial charge on any atom is -0.508 e. The van der Waals surface area contributed by atoms with E-state index in [0.717, 1.165) is 13.0 Å². The maximum Gasteiger partial charge on any atom is 0.163 e. The van der Waals surface area contributed by atoms with Gasteiger partial charge in [-0.15, -0.1) is 0 Å². The third-order valence-corrected chi connectivity index (χ3v) is 4.79. The van der Waals surface area contributed by atoms with Gasteiger partial charge in [-0.3, -0.25) is 4.90 Å². The molecule has 1 fully saturated rings. The summed E-state index contributed by atoms with van der Waals surface area (Å²) >= 11 is 0. The molecule has 3 N–H and O–H groups in total. The lowest BCUT2D eigenvalue weighted by Gasteiger charge is -2.37. The molecule has 6 heteroatoms. The number of hydrogen-bond acceptors (Lipinski definition) is 6. The monoisotopic (exact) mass is 367 g/mol. The van der Waals surface area contributed by atoms with Crippen LogP contribution in [0.1, 0.15) is 58.3 Å². The van der Waals surface area contributed by atoms with Gasteiger partial charge in [0.2, 0.25) is 0 Å². The van der Waals surface area contributed by atoms with Crippen molar-refractivity contribution in [1.82, 2.24) is 4.90 Å². The lowest BCUT2D eigenvalue weighted by atomic mass is 10.0. The Morgan fingerprint density at radius 1 is 1.31 bits per heavy atom. The molecule has 0 amide bonds. The van der Waals surface area contributed by atoms with Crippen molar-refractivity contribution in [1.29, 1.82) is 0 Å². The van der Waals surface area contributed by atoms with E-state index in [1.807, 2.05) is 13.8 Å². The number of aliphatic hydroxyl groups is 2. The SMILES string of the molecule is CC1(C)OCC(CCN(CC(O)c2ccc(O)c(CO)c2)C(C)(C)C)O1. The highest BCUT2D eigenvalue weighted by atomic mass is 16.7. The fourth-order valence-electron chi connectivity index (χ4n) is 3.16. The summed E-state index contributed by atoms with van der Waals surface area (Å²) in [6, 6.07) is 4.85. The van der Waals surface area contributed by atoms with Crippen LogP contribution in [0.25, 0.3) is 0 Å². The molecule has 0 aromatic heterocycles. The first kappa shape index (κ1) is 21.1. The molecule has 1 saturated heterocycles. The van der Waals surface area contributed by atoms with E-state index in [2.05, 4.69) is 25.7 Å². The summed E-state index contributed by atoms with van der Waals surface area (Å²) in [5.41, 5.74) is 0.984. The fourth-order valence-corrected chi connectivity index (χ4v) is 3.16. The van der Waals surface area contributed by atoms with Crippen molar-refractivity contribution in [2.45, 2.75) is 71.2 Å². The molecule has 1 aromatic rings. The number of phenols is 1. The smallest absolute Gasteiger partial charge is 0.163 e. The molecule has 0 spiro atoms. The number of β-amino-alcohol motifs (C(OH)–C–C–N with tert-alkyl or cyclic N) is 1. The first-order chi connectivity index (χ1) is 12.0. The molecule has 2 rings (SSSR count). The zero-order valence-electron chi connectivity index (χ0n) is 16.5. The zero-order valence-corrected chi connectivity index (χ0v) is 16.5. The summed E-state index contributed by atoms with van der Waals surface area (Å²) < 4.78 is 11.5. The molecule has 2 atom stereocenters. The first-order valence-electron chi connectivity index (χ1n) is 9.19. The van der Waals surface area contributed by atoms with Crippen molar-refractivity contribution in [2.75, 3.05) is 19.7 Å². The molecule has 6 nitrogen and oxygen atoms in total. The van der Waals surface area contributed by atoms with Crippen molar-refractivity contribution in [3.8, 4) is 5.75 Å². The van der Waals surface area contributed by atoms with Crippen molar-refractivity contribution < 1.29 is 24.8 Å². The highest BCUT2D eigenvalue weighted by Crippen LogP contribution is 2.27. The minimum atomic E-state index is -0.711. The molecule has 1 aromatic carbocycles. The number of nitrogens with zero attached hydrogens (tertiary/aromatic N) is 1. The van der Waals surface area contributed by atoms with Crippen LogP contribution in [0.5, 0.6) is 5.75 Å². The van der Waals surface area contributed by atoms with Crippen LogP contribution in [0.3, 0.4) is 0 Å². The Bertz CT molecular complexity index is 596. The van der Waals surface area contributed by atoms with Gasteiger partial charge in [-0.1, -0.05) is 6.07 Å². The van der Waals surface area contributed by atoms with Gasteiger partial charge in [0, 0.05) is 24.2 Å². The molecule has 0 radical (unpaired) electrons. The minimum absolute atomic E-state index is 0.0390. The van der Waals surface area contributed by atoms with Gasteiger partial charge >= 0.3 is 0 Å². The van der Waals surface area contributed by atoms with Crippen LogP contribution in [0.2, 0.25) is 0 Å². The van der Waals surface area contributed by atoms with Crippen LogP contribution in [0.4, 0.5) is 0 Å². The summed E-state index contributed by atoms with van der Waals surface area (Å²) in [5, 5.41) is 29.7. The van der Waals surface area contributed by atoms with Gasteiger partial charge in [-0.25, -0.2) is 0 Å². The van der Waals surface area contributed by atoms with E-state index in [0.29, 0.717) is 24.3 Å². The van der Waals surface area contributed by atoms with Crippen molar-refractivity contribution in [3.05, 3.63) is 29.3 Å². The average molecular weight is 367 g/mol. The summed E-state index contributed by atoms with van der Waals surface area (Å²) in [7, 11) is 0. The van der Waals surface area contributed by atoms with E-state index < -0.39 is 11.9 Å². The van der Waals surface area contributed by atoms with Gasteiger partial charge < -0.3 is 24.8 Å². The second-order valence-corrected chi connectivity index (χ2v) is 8.42. The quantitative estimate of drug-likeness (QED) is 0.687. The van der Waals surface area contributed by atoms with Gasteiger partial charge in [-0.2, -0.15) is 0 Å². The Kier molecular flexibility index (Phi) is 6.69. The fraction of sp³-hybridized carbons (Fsp3) is 0.700. The Morgan fingerprint density at radius 2 is 2.00 bits per heavy atom. The van der Waals surface area contributed by atoms with E-state index in [-0.39, 0.29) is 24.0 Å². The lowest BCUT2D eigenvalue weighted by Crippen LogP contribution is -2.45. The maximum atomic E-state index is 10.7.